The first-order chi connectivity index (χ1) is 25.1. The summed E-state index contributed by atoms with van der Waals surface area (Å²) in [6.45, 7) is 20.6. The van der Waals surface area contributed by atoms with Crippen LogP contribution in [0.2, 0.25) is 0 Å². The number of fused-ring (bicyclic) bond motifs is 4. The molecular weight excluding hydrogens is 836 g/mol. The number of benzene rings is 5. The summed E-state index contributed by atoms with van der Waals surface area (Å²) in [5, 5.41) is 2.30. The van der Waals surface area contributed by atoms with E-state index in [1.54, 1.807) is 0 Å². The minimum atomic E-state index is -0.711. The van der Waals surface area contributed by atoms with Gasteiger partial charge in [0, 0.05) is 17.8 Å². The Morgan fingerprint density at radius 1 is 0.463 bits per heavy atom. The fourth-order valence-corrected chi connectivity index (χ4v) is 7.92. The van der Waals surface area contributed by atoms with Gasteiger partial charge in [-0.3, -0.25) is 0 Å². The second kappa shape index (κ2) is 13.6. The van der Waals surface area contributed by atoms with Crippen molar-refractivity contribution in [1.29, 1.82) is 0 Å². The third-order valence-electron chi connectivity index (χ3n) is 11.0. The molecule has 0 unspecified atom stereocenters. The van der Waals surface area contributed by atoms with Crippen molar-refractivity contribution in [1.82, 2.24) is 9.97 Å². The Labute approximate surface area is 336 Å². The second-order valence-electron chi connectivity index (χ2n) is 17.8. The van der Waals surface area contributed by atoms with Gasteiger partial charge in [0.15, 0.2) is 0 Å². The fourth-order valence-electron chi connectivity index (χ4n) is 7.92. The smallest absolute Gasteiger partial charge is 0.305 e. The average Bonchev–Trinajstić information content (AvgIpc) is 3.44. The number of rotatable bonds is 4. The summed E-state index contributed by atoms with van der Waals surface area (Å²) in [6, 6.07) is 50.4. The molecule has 0 N–H and O–H groups in total. The minimum Gasteiger partial charge on any atom is -0.305 e. The van der Waals surface area contributed by atoms with E-state index in [-0.39, 0.29) is 37.3 Å². The predicted octanol–water partition coefficient (Wildman–Crippen LogP) is 12.8. The van der Waals surface area contributed by atoms with E-state index >= 15 is 0 Å². The molecule has 7 aromatic rings. The molecule has 0 saturated heterocycles. The summed E-state index contributed by atoms with van der Waals surface area (Å²) >= 11 is 0. The Bertz CT molecular complexity index is 2480. The zero-order valence-electron chi connectivity index (χ0n) is 32.8. The van der Waals surface area contributed by atoms with Crippen LogP contribution in [0.4, 0.5) is 0 Å². The van der Waals surface area contributed by atoms with E-state index in [9.17, 15) is 0 Å². The molecule has 0 spiro atoms. The van der Waals surface area contributed by atoms with E-state index in [2.05, 4.69) is 190 Å². The molecule has 5 aromatic carbocycles. The van der Waals surface area contributed by atoms with E-state index < -0.39 is 5.41 Å². The van der Waals surface area contributed by atoms with Crippen LogP contribution in [0, 0.1) is 12.1 Å². The van der Waals surface area contributed by atoms with Gasteiger partial charge >= 0.3 is 21.1 Å². The van der Waals surface area contributed by atoms with Crippen molar-refractivity contribution in [2.45, 2.75) is 84.0 Å². The van der Waals surface area contributed by atoms with E-state index in [0.29, 0.717) is 0 Å². The molecule has 0 bridgehead atoms. The van der Waals surface area contributed by atoms with E-state index in [1.165, 1.54) is 44.3 Å². The van der Waals surface area contributed by atoms with Gasteiger partial charge < -0.3 is 9.97 Å². The Balaban J connectivity index is 0.00000450. The molecule has 8 rings (SSSR count). The largest absolute Gasteiger partial charge is 2.00 e. The number of aromatic nitrogens is 2. The maximum Gasteiger partial charge on any atom is 2.00 e. The molecule has 272 valence electrons. The number of pyridine rings is 2. The van der Waals surface area contributed by atoms with Gasteiger partial charge in [0.05, 0.1) is 0 Å². The standard InChI is InChI=1S/C51H48N2.Pt/c1-48(2,3)37-22-23-52-47(31-37)36-25-39(50(7,8)9)30-41(27-36)51(44-20-14-12-18-42(44)43-19-13-15-21-45(43)51)40-26-35(24-38(29-40)49(4,5)6)46-28-33-16-10-11-17-34(33)32-53-46;/h10-25,28-32H,1-9H3;/q-2;+2. The Hall–Kier alpha value is -4.65. The van der Waals surface area contributed by atoms with Crippen LogP contribution in [-0.4, -0.2) is 9.97 Å². The van der Waals surface area contributed by atoms with Gasteiger partial charge in [-0.15, -0.1) is 69.8 Å². The van der Waals surface area contributed by atoms with Gasteiger partial charge in [0.2, 0.25) is 0 Å². The van der Waals surface area contributed by atoms with Crippen LogP contribution in [0.25, 0.3) is 44.4 Å². The quantitative estimate of drug-likeness (QED) is 0.165. The molecule has 2 heterocycles. The van der Waals surface area contributed by atoms with Crippen molar-refractivity contribution in [3.8, 4) is 33.6 Å². The van der Waals surface area contributed by atoms with Crippen LogP contribution in [0.1, 0.15) is 101 Å². The van der Waals surface area contributed by atoms with Crippen LogP contribution >= 0.6 is 0 Å². The third kappa shape index (κ3) is 6.47. The normalized spacial score (nSPS) is 13.6. The summed E-state index contributed by atoms with van der Waals surface area (Å²) in [5.74, 6) is 0. The van der Waals surface area contributed by atoms with Crippen molar-refractivity contribution >= 4 is 10.8 Å². The molecule has 2 nitrogen and oxygen atoms in total. The van der Waals surface area contributed by atoms with Crippen molar-refractivity contribution in [3.05, 3.63) is 179 Å². The molecule has 0 atom stereocenters. The zero-order valence-corrected chi connectivity index (χ0v) is 35.1. The topological polar surface area (TPSA) is 25.8 Å². The molecule has 54 heavy (non-hydrogen) atoms. The number of nitrogens with zero attached hydrogens (tertiary/aromatic N) is 2. The molecule has 0 saturated carbocycles. The van der Waals surface area contributed by atoms with Gasteiger partial charge in [0.1, 0.15) is 0 Å². The van der Waals surface area contributed by atoms with Crippen molar-refractivity contribution in [3.63, 3.8) is 0 Å². The first kappa shape index (κ1) is 37.7. The number of hydrogen-bond donors (Lipinski definition) is 0. The maximum absolute atomic E-state index is 5.03. The first-order valence-corrected chi connectivity index (χ1v) is 18.8. The zero-order chi connectivity index (χ0) is 37.3. The van der Waals surface area contributed by atoms with Crippen LogP contribution in [0.3, 0.4) is 0 Å². The molecule has 0 radical (unpaired) electrons. The number of hydrogen-bond acceptors (Lipinski definition) is 2. The van der Waals surface area contributed by atoms with Gasteiger partial charge in [-0.05, 0) is 72.3 Å². The van der Waals surface area contributed by atoms with Gasteiger partial charge in [-0.1, -0.05) is 147 Å². The molecule has 0 fully saturated rings. The fraction of sp³-hybridized carbons (Fsp3) is 0.255. The van der Waals surface area contributed by atoms with Crippen LogP contribution in [0.15, 0.2) is 128 Å². The van der Waals surface area contributed by atoms with E-state index in [0.717, 1.165) is 39.0 Å². The van der Waals surface area contributed by atoms with Crippen molar-refractivity contribution in [2.24, 2.45) is 0 Å². The summed E-state index contributed by atoms with van der Waals surface area (Å²) in [4.78, 5) is 10.0. The van der Waals surface area contributed by atoms with Gasteiger partial charge in [-0.2, -0.15) is 0 Å². The second-order valence-corrected chi connectivity index (χ2v) is 17.8. The summed E-state index contributed by atoms with van der Waals surface area (Å²) in [7, 11) is 0. The molecular formula is C51H48N2Pt. The Morgan fingerprint density at radius 2 is 0.926 bits per heavy atom. The maximum atomic E-state index is 5.03. The van der Waals surface area contributed by atoms with E-state index in [1.807, 2.05) is 12.4 Å². The third-order valence-corrected chi connectivity index (χ3v) is 11.0. The van der Waals surface area contributed by atoms with Crippen LogP contribution < -0.4 is 0 Å². The summed E-state index contributed by atoms with van der Waals surface area (Å²) in [5.41, 5.74) is 13.8. The molecule has 3 heteroatoms. The van der Waals surface area contributed by atoms with E-state index in [4.69, 9.17) is 9.97 Å². The summed E-state index contributed by atoms with van der Waals surface area (Å²) in [6.07, 6.45) is 3.94. The molecule has 2 aromatic heterocycles. The Morgan fingerprint density at radius 3 is 1.44 bits per heavy atom. The monoisotopic (exact) mass is 883 g/mol. The van der Waals surface area contributed by atoms with Crippen molar-refractivity contribution < 1.29 is 21.1 Å². The first-order valence-electron chi connectivity index (χ1n) is 18.8. The minimum absolute atomic E-state index is 0. The molecule has 1 aliphatic carbocycles. The van der Waals surface area contributed by atoms with Crippen molar-refractivity contribution in [2.75, 3.05) is 0 Å². The molecule has 0 amide bonds. The van der Waals surface area contributed by atoms with Crippen LogP contribution in [0.5, 0.6) is 0 Å². The molecule has 0 aliphatic heterocycles. The summed E-state index contributed by atoms with van der Waals surface area (Å²) < 4.78 is 0. The van der Waals surface area contributed by atoms with Gasteiger partial charge in [-0.25, -0.2) is 0 Å². The SMILES string of the molecule is CC(C)(C)c1cc(-c2cc(C(C)(C)C)ccn2)[c-]c(C2(c3[c-]c(-c4cc5ccccc5cn4)cc(C(C)(C)C)c3)c3ccccc3-c3ccccc32)c1.[Pt+2]. The Kier molecular flexibility index (Phi) is 9.47. The molecule has 1 aliphatic rings. The predicted molar refractivity (Wildman–Crippen MR) is 221 cm³/mol. The van der Waals surface area contributed by atoms with Gasteiger partial charge in [0.25, 0.3) is 0 Å². The average molecular weight is 884 g/mol. The van der Waals surface area contributed by atoms with Crippen LogP contribution in [-0.2, 0) is 42.7 Å².